The Morgan fingerprint density at radius 3 is 2.85 bits per heavy atom. The number of halogens is 1. The van der Waals surface area contributed by atoms with Crippen molar-refractivity contribution in [1.82, 2.24) is 4.90 Å². The Bertz CT molecular complexity index is 490. The van der Waals surface area contributed by atoms with Crippen molar-refractivity contribution in [2.24, 2.45) is 11.7 Å². The molecule has 0 aromatic heterocycles. The normalized spacial score (nSPS) is 19.5. The molecule has 1 aliphatic heterocycles. The predicted molar refractivity (Wildman–Crippen MR) is 93.3 cm³/mol. The van der Waals surface area contributed by atoms with E-state index >= 15 is 0 Å². The molecule has 0 amide bonds. The van der Waals surface area contributed by atoms with Crippen LogP contribution < -0.4 is 11.1 Å². The zero-order chi connectivity index (χ0) is 14.7. The molecule has 5 heteroatoms. The third kappa shape index (κ3) is 3.93. The van der Waals surface area contributed by atoms with Gasteiger partial charge in [0.15, 0.2) is 0 Å². The Morgan fingerprint density at radius 2 is 2.30 bits per heavy atom. The number of nitrogens with one attached hydrogen (secondary N) is 1. The van der Waals surface area contributed by atoms with Crippen LogP contribution in [0.1, 0.15) is 25.8 Å². The van der Waals surface area contributed by atoms with Crippen LogP contribution in [0.5, 0.6) is 0 Å². The summed E-state index contributed by atoms with van der Waals surface area (Å²) in [6.45, 7) is 7.94. The molecule has 20 heavy (non-hydrogen) atoms. The van der Waals surface area contributed by atoms with Gasteiger partial charge in [-0.2, -0.15) is 0 Å². The molecule has 1 heterocycles. The second-order valence-electron chi connectivity index (χ2n) is 5.68. The Kier molecular flexibility index (Phi) is 5.41. The maximum Gasteiger partial charge on any atom is 0.104 e. The summed E-state index contributed by atoms with van der Waals surface area (Å²) in [5, 5.41) is 3.52. The van der Waals surface area contributed by atoms with Crippen molar-refractivity contribution < 1.29 is 0 Å². The molecule has 0 saturated carbocycles. The van der Waals surface area contributed by atoms with Gasteiger partial charge in [0, 0.05) is 34.9 Å². The molecule has 0 spiro atoms. The fraction of sp³-hybridized carbons (Fsp3) is 0.533. The lowest BCUT2D eigenvalue weighted by Gasteiger charge is -2.20. The zero-order valence-corrected chi connectivity index (χ0v) is 14.4. The van der Waals surface area contributed by atoms with Gasteiger partial charge in [0.25, 0.3) is 0 Å². The van der Waals surface area contributed by atoms with Crippen LogP contribution in [0.25, 0.3) is 0 Å². The molecule has 1 aromatic carbocycles. The number of benzene rings is 1. The Balaban J connectivity index is 1.90. The summed E-state index contributed by atoms with van der Waals surface area (Å²) in [6, 6.07) is 6.62. The lowest BCUT2D eigenvalue weighted by atomic mass is 10.1. The van der Waals surface area contributed by atoms with Gasteiger partial charge in [-0.15, -0.1) is 0 Å². The van der Waals surface area contributed by atoms with Crippen molar-refractivity contribution >= 4 is 38.8 Å². The SMILES string of the molecule is CC(C)N1CCC(CNc2ccc(C(N)=S)cc2Br)C1. The fourth-order valence-electron chi connectivity index (χ4n) is 2.56. The van der Waals surface area contributed by atoms with Crippen LogP contribution in [0.4, 0.5) is 5.69 Å². The molecule has 0 aliphatic carbocycles. The third-order valence-corrected chi connectivity index (χ3v) is 4.77. The van der Waals surface area contributed by atoms with E-state index in [4.69, 9.17) is 18.0 Å². The molecule has 110 valence electrons. The lowest BCUT2D eigenvalue weighted by Crippen LogP contribution is -2.29. The first-order valence-corrected chi connectivity index (χ1v) is 8.24. The van der Waals surface area contributed by atoms with E-state index in [1.807, 2.05) is 18.2 Å². The minimum absolute atomic E-state index is 0.431. The molecule has 1 unspecified atom stereocenters. The van der Waals surface area contributed by atoms with E-state index in [0.29, 0.717) is 11.0 Å². The van der Waals surface area contributed by atoms with Crippen molar-refractivity contribution in [3.05, 3.63) is 28.2 Å². The van der Waals surface area contributed by atoms with Crippen molar-refractivity contribution in [1.29, 1.82) is 0 Å². The number of hydrogen-bond acceptors (Lipinski definition) is 3. The topological polar surface area (TPSA) is 41.3 Å². The van der Waals surface area contributed by atoms with Gasteiger partial charge in [-0.1, -0.05) is 12.2 Å². The molecule has 1 fully saturated rings. The van der Waals surface area contributed by atoms with E-state index in [1.54, 1.807) is 0 Å². The maximum atomic E-state index is 5.63. The van der Waals surface area contributed by atoms with Crippen molar-refractivity contribution in [3.63, 3.8) is 0 Å². The number of thiocarbonyl (C=S) groups is 1. The first kappa shape index (κ1) is 15.7. The zero-order valence-electron chi connectivity index (χ0n) is 12.0. The smallest absolute Gasteiger partial charge is 0.104 e. The van der Waals surface area contributed by atoms with Gasteiger partial charge in [0.05, 0.1) is 0 Å². The summed E-state index contributed by atoms with van der Waals surface area (Å²) >= 11 is 8.56. The van der Waals surface area contributed by atoms with Crippen LogP contribution in [-0.2, 0) is 0 Å². The summed E-state index contributed by atoms with van der Waals surface area (Å²) in [7, 11) is 0. The quantitative estimate of drug-likeness (QED) is 0.795. The summed E-state index contributed by atoms with van der Waals surface area (Å²) in [4.78, 5) is 2.97. The van der Waals surface area contributed by atoms with Crippen LogP contribution in [0.3, 0.4) is 0 Å². The highest BCUT2D eigenvalue weighted by Crippen LogP contribution is 2.25. The molecule has 1 aliphatic rings. The molecule has 1 saturated heterocycles. The van der Waals surface area contributed by atoms with Crippen molar-refractivity contribution in [2.75, 3.05) is 25.0 Å². The summed E-state index contributed by atoms with van der Waals surface area (Å²) in [5.41, 5.74) is 7.63. The van der Waals surface area contributed by atoms with Gasteiger partial charge in [0.1, 0.15) is 4.99 Å². The minimum Gasteiger partial charge on any atom is -0.389 e. The van der Waals surface area contributed by atoms with Gasteiger partial charge >= 0.3 is 0 Å². The molecule has 3 N–H and O–H groups in total. The highest BCUT2D eigenvalue weighted by Gasteiger charge is 2.23. The highest BCUT2D eigenvalue weighted by atomic mass is 79.9. The summed E-state index contributed by atoms with van der Waals surface area (Å²) < 4.78 is 1.02. The first-order chi connectivity index (χ1) is 9.47. The summed E-state index contributed by atoms with van der Waals surface area (Å²) in [5.74, 6) is 0.722. The number of nitrogens with two attached hydrogens (primary N) is 1. The Hall–Kier alpha value is -0.650. The van der Waals surface area contributed by atoms with Crippen LogP contribution >= 0.6 is 28.1 Å². The Labute approximate surface area is 135 Å². The molecule has 2 rings (SSSR count). The van der Waals surface area contributed by atoms with Crippen molar-refractivity contribution in [2.45, 2.75) is 26.3 Å². The molecule has 0 radical (unpaired) electrons. The van der Waals surface area contributed by atoms with Gasteiger partial charge in [0.2, 0.25) is 0 Å². The maximum absolute atomic E-state index is 5.63. The summed E-state index contributed by atoms with van der Waals surface area (Å²) in [6.07, 6.45) is 1.27. The molecule has 3 nitrogen and oxygen atoms in total. The van der Waals surface area contributed by atoms with E-state index in [1.165, 1.54) is 19.5 Å². The highest BCUT2D eigenvalue weighted by molar-refractivity contribution is 9.10. The number of nitrogens with zero attached hydrogens (tertiary/aromatic N) is 1. The fourth-order valence-corrected chi connectivity index (χ4v) is 3.21. The second-order valence-corrected chi connectivity index (χ2v) is 6.98. The lowest BCUT2D eigenvalue weighted by molar-refractivity contribution is 0.266. The van der Waals surface area contributed by atoms with Crippen LogP contribution in [0, 0.1) is 5.92 Å². The molecule has 1 aromatic rings. The van der Waals surface area contributed by atoms with Gasteiger partial charge < -0.3 is 16.0 Å². The first-order valence-electron chi connectivity index (χ1n) is 7.04. The second kappa shape index (κ2) is 6.87. The molecular formula is C15H22BrN3S. The molecular weight excluding hydrogens is 334 g/mol. The predicted octanol–water partition coefficient (Wildman–Crippen LogP) is 3.23. The largest absolute Gasteiger partial charge is 0.389 e. The van der Waals surface area contributed by atoms with Crippen LogP contribution in [0.2, 0.25) is 0 Å². The van der Waals surface area contributed by atoms with Gasteiger partial charge in [-0.25, -0.2) is 0 Å². The van der Waals surface area contributed by atoms with Crippen LogP contribution in [-0.4, -0.2) is 35.6 Å². The minimum atomic E-state index is 0.431. The number of hydrogen-bond donors (Lipinski definition) is 2. The van der Waals surface area contributed by atoms with E-state index in [2.05, 4.69) is 40.0 Å². The van der Waals surface area contributed by atoms with E-state index < -0.39 is 0 Å². The standard InChI is InChI=1S/C15H22BrN3S/c1-10(2)19-6-5-11(9-19)8-18-14-4-3-12(15(17)20)7-13(14)16/h3-4,7,10-11,18H,5-6,8-9H2,1-2H3,(H2,17,20). The van der Waals surface area contributed by atoms with Crippen LogP contribution in [0.15, 0.2) is 22.7 Å². The monoisotopic (exact) mass is 355 g/mol. The van der Waals surface area contributed by atoms with Gasteiger partial charge in [-0.3, -0.25) is 0 Å². The van der Waals surface area contributed by atoms with E-state index in [9.17, 15) is 0 Å². The van der Waals surface area contributed by atoms with E-state index in [0.717, 1.165) is 28.2 Å². The average molecular weight is 356 g/mol. The molecule has 1 atom stereocenters. The van der Waals surface area contributed by atoms with Crippen molar-refractivity contribution in [3.8, 4) is 0 Å². The van der Waals surface area contributed by atoms with Gasteiger partial charge in [-0.05, 0) is 66.9 Å². The van der Waals surface area contributed by atoms with E-state index in [-0.39, 0.29) is 0 Å². The Morgan fingerprint density at radius 1 is 1.55 bits per heavy atom. The number of anilines is 1. The number of rotatable bonds is 5. The third-order valence-electron chi connectivity index (χ3n) is 3.88. The average Bonchev–Trinajstić information content (AvgIpc) is 2.86. The number of likely N-dealkylation sites (tertiary alicyclic amines) is 1. The molecule has 0 bridgehead atoms.